The number of furan rings is 1. The molecule has 0 aliphatic carbocycles. The SMILES string of the molecule is CCc1c(OC)ccc2occc12. The first kappa shape index (κ1) is 8.17. The van der Waals surface area contributed by atoms with E-state index < -0.39 is 0 Å². The second-order valence-corrected chi connectivity index (χ2v) is 2.93. The quantitative estimate of drug-likeness (QED) is 0.701. The van der Waals surface area contributed by atoms with Crippen LogP contribution in [0.4, 0.5) is 0 Å². The summed E-state index contributed by atoms with van der Waals surface area (Å²) in [6, 6.07) is 5.87. The summed E-state index contributed by atoms with van der Waals surface area (Å²) in [5, 5.41) is 1.15. The van der Waals surface area contributed by atoms with E-state index in [0.717, 1.165) is 23.1 Å². The Morgan fingerprint density at radius 1 is 1.31 bits per heavy atom. The second kappa shape index (κ2) is 3.13. The smallest absolute Gasteiger partial charge is 0.134 e. The predicted octanol–water partition coefficient (Wildman–Crippen LogP) is 3.00. The van der Waals surface area contributed by atoms with Crippen LogP contribution in [0.15, 0.2) is 28.9 Å². The van der Waals surface area contributed by atoms with Crippen molar-refractivity contribution in [2.24, 2.45) is 0 Å². The average molecular weight is 176 g/mol. The first-order valence-corrected chi connectivity index (χ1v) is 4.40. The first-order chi connectivity index (χ1) is 6.36. The van der Waals surface area contributed by atoms with E-state index in [0.29, 0.717) is 0 Å². The molecule has 2 nitrogen and oxygen atoms in total. The van der Waals surface area contributed by atoms with Gasteiger partial charge in [-0.1, -0.05) is 6.92 Å². The molecule has 13 heavy (non-hydrogen) atoms. The molecule has 68 valence electrons. The minimum Gasteiger partial charge on any atom is -0.496 e. The number of fused-ring (bicyclic) bond motifs is 1. The van der Waals surface area contributed by atoms with Crippen LogP contribution in [0.1, 0.15) is 12.5 Å². The predicted molar refractivity (Wildman–Crippen MR) is 52.1 cm³/mol. The van der Waals surface area contributed by atoms with Gasteiger partial charge in [-0.25, -0.2) is 0 Å². The van der Waals surface area contributed by atoms with Crippen LogP contribution in [0.25, 0.3) is 11.0 Å². The molecular weight excluding hydrogens is 164 g/mol. The van der Waals surface area contributed by atoms with Crippen LogP contribution in [0.5, 0.6) is 5.75 Å². The third-order valence-electron chi connectivity index (χ3n) is 2.28. The molecule has 0 aliphatic rings. The summed E-state index contributed by atoms with van der Waals surface area (Å²) in [6.07, 6.45) is 2.67. The second-order valence-electron chi connectivity index (χ2n) is 2.93. The van der Waals surface area contributed by atoms with Crippen molar-refractivity contribution in [2.45, 2.75) is 13.3 Å². The van der Waals surface area contributed by atoms with Gasteiger partial charge >= 0.3 is 0 Å². The highest BCUT2D eigenvalue weighted by Crippen LogP contribution is 2.28. The summed E-state index contributed by atoms with van der Waals surface area (Å²) in [6.45, 7) is 2.12. The number of aryl methyl sites for hydroxylation is 1. The largest absolute Gasteiger partial charge is 0.496 e. The van der Waals surface area contributed by atoms with E-state index in [1.807, 2.05) is 18.2 Å². The Morgan fingerprint density at radius 2 is 2.15 bits per heavy atom. The molecule has 0 atom stereocenters. The van der Waals surface area contributed by atoms with Crippen molar-refractivity contribution in [3.8, 4) is 5.75 Å². The van der Waals surface area contributed by atoms with Gasteiger partial charge in [0.25, 0.3) is 0 Å². The minimum atomic E-state index is 0.928. The Hall–Kier alpha value is -1.44. The molecule has 0 unspecified atom stereocenters. The Morgan fingerprint density at radius 3 is 2.85 bits per heavy atom. The van der Waals surface area contributed by atoms with Crippen molar-refractivity contribution < 1.29 is 9.15 Å². The number of hydrogen-bond acceptors (Lipinski definition) is 2. The lowest BCUT2D eigenvalue weighted by Crippen LogP contribution is -1.90. The summed E-state index contributed by atoms with van der Waals surface area (Å²) < 4.78 is 10.6. The maximum absolute atomic E-state index is 5.30. The molecule has 1 aromatic heterocycles. The Bertz CT molecular complexity index is 415. The van der Waals surface area contributed by atoms with Gasteiger partial charge in [-0.2, -0.15) is 0 Å². The zero-order valence-electron chi connectivity index (χ0n) is 7.83. The lowest BCUT2D eigenvalue weighted by molar-refractivity contribution is 0.411. The molecule has 0 amide bonds. The molecule has 2 aromatic rings. The zero-order valence-corrected chi connectivity index (χ0v) is 7.83. The molecule has 2 rings (SSSR count). The topological polar surface area (TPSA) is 22.4 Å². The highest BCUT2D eigenvalue weighted by molar-refractivity contribution is 5.83. The maximum Gasteiger partial charge on any atom is 0.134 e. The van der Waals surface area contributed by atoms with Crippen molar-refractivity contribution >= 4 is 11.0 Å². The lowest BCUT2D eigenvalue weighted by atomic mass is 10.1. The van der Waals surface area contributed by atoms with Gasteiger partial charge in [-0.15, -0.1) is 0 Å². The van der Waals surface area contributed by atoms with E-state index in [1.165, 1.54) is 5.56 Å². The van der Waals surface area contributed by atoms with Gasteiger partial charge < -0.3 is 9.15 Å². The Labute approximate surface area is 77.1 Å². The molecule has 0 radical (unpaired) electrons. The van der Waals surface area contributed by atoms with E-state index >= 15 is 0 Å². The van der Waals surface area contributed by atoms with Crippen LogP contribution in [0.2, 0.25) is 0 Å². The molecule has 0 spiro atoms. The van der Waals surface area contributed by atoms with E-state index in [-0.39, 0.29) is 0 Å². The molecule has 0 aliphatic heterocycles. The summed E-state index contributed by atoms with van der Waals surface area (Å²) in [5.41, 5.74) is 2.14. The fourth-order valence-corrected chi connectivity index (χ4v) is 1.64. The third kappa shape index (κ3) is 1.18. The van der Waals surface area contributed by atoms with Crippen molar-refractivity contribution in [3.63, 3.8) is 0 Å². The van der Waals surface area contributed by atoms with E-state index in [9.17, 15) is 0 Å². The van der Waals surface area contributed by atoms with Crippen molar-refractivity contribution in [1.29, 1.82) is 0 Å². The van der Waals surface area contributed by atoms with Gasteiger partial charge in [0.15, 0.2) is 0 Å². The van der Waals surface area contributed by atoms with Crippen molar-refractivity contribution in [3.05, 3.63) is 30.0 Å². The van der Waals surface area contributed by atoms with Crippen LogP contribution in [0.3, 0.4) is 0 Å². The fourth-order valence-electron chi connectivity index (χ4n) is 1.64. The number of benzene rings is 1. The molecular formula is C11H12O2. The van der Waals surface area contributed by atoms with Crippen LogP contribution in [-0.4, -0.2) is 7.11 Å². The Balaban J connectivity index is 2.74. The molecule has 0 fully saturated rings. The van der Waals surface area contributed by atoms with E-state index in [2.05, 4.69) is 6.92 Å². The van der Waals surface area contributed by atoms with Gasteiger partial charge in [-0.3, -0.25) is 0 Å². The average Bonchev–Trinajstić information content (AvgIpc) is 2.63. The number of ether oxygens (including phenoxy) is 1. The number of rotatable bonds is 2. The summed E-state index contributed by atoms with van der Waals surface area (Å²) >= 11 is 0. The summed E-state index contributed by atoms with van der Waals surface area (Å²) in [7, 11) is 1.69. The summed E-state index contributed by atoms with van der Waals surface area (Å²) in [4.78, 5) is 0. The summed E-state index contributed by atoms with van der Waals surface area (Å²) in [5.74, 6) is 0.941. The van der Waals surface area contributed by atoms with Gasteiger partial charge in [0, 0.05) is 10.9 Å². The van der Waals surface area contributed by atoms with E-state index in [4.69, 9.17) is 9.15 Å². The highest BCUT2D eigenvalue weighted by Gasteiger charge is 2.07. The van der Waals surface area contributed by atoms with Gasteiger partial charge in [0.05, 0.1) is 13.4 Å². The highest BCUT2D eigenvalue weighted by atomic mass is 16.5. The molecule has 0 N–H and O–H groups in total. The molecule has 2 heteroatoms. The number of methoxy groups -OCH3 is 1. The Kier molecular flexibility index (Phi) is 1.97. The molecule has 0 bridgehead atoms. The van der Waals surface area contributed by atoms with Gasteiger partial charge in [0.1, 0.15) is 11.3 Å². The first-order valence-electron chi connectivity index (χ1n) is 4.40. The molecule has 1 aromatic carbocycles. The minimum absolute atomic E-state index is 0.928. The van der Waals surface area contributed by atoms with Crippen LogP contribution in [-0.2, 0) is 6.42 Å². The van der Waals surface area contributed by atoms with Crippen LogP contribution < -0.4 is 4.74 Å². The molecule has 0 saturated carbocycles. The van der Waals surface area contributed by atoms with Crippen molar-refractivity contribution in [2.75, 3.05) is 7.11 Å². The van der Waals surface area contributed by atoms with Crippen molar-refractivity contribution in [1.82, 2.24) is 0 Å². The molecule has 0 saturated heterocycles. The zero-order chi connectivity index (χ0) is 9.26. The standard InChI is InChI=1S/C11H12O2/c1-3-8-9-6-7-13-11(9)5-4-10(8)12-2/h4-7H,3H2,1-2H3. The van der Waals surface area contributed by atoms with Gasteiger partial charge in [0.2, 0.25) is 0 Å². The monoisotopic (exact) mass is 176 g/mol. The number of hydrogen-bond donors (Lipinski definition) is 0. The van der Waals surface area contributed by atoms with Crippen LogP contribution in [0, 0.1) is 0 Å². The lowest BCUT2D eigenvalue weighted by Gasteiger charge is -2.06. The third-order valence-corrected chi connectivity index (χ3v) is 2.28. The fraction of sp³-hybridized carbons (Fsp3) is 0.273. The van der Waals surface area contributed by atoms with Gasteiger partial charge in [-0.05, 0) is 24.6 Å². The van der Waals surface area contributed by atoms with Crippen LogP contribution >= 0.6 is 0 Å². The van der Waals surface area contributed by atoms with E-state index in [1.54, 1.807) is 13.4 Å². The maximum atomic E-state index is 5.30. The molecule has 1 heterocycles. The normalized spacial score (nSPS) is 10.6.